The summed E-state index contributed by atoms with van der Waals surface area (Å²) >= 11 is 6.15. The zero-order valence-electron chi connectivity index (χ0n) is 13.9. The number of nitrogens with zero attached hydrogens (tertiary/aromatic N) is 2. The lowest BCUT2D eigenvalue weighted by Crippen LogP contribution is -2.01. The van der Waals surface area contributed by atoms with Crippen LogP contribution in [0.1, 0.15) is 22.8 Å². The summed E-state index contributed by atoms with van der Waals surface area (Å²) in [5.41, 5.74) is 3.25. The molecule has 0 amide bonds. The van der Waals surface area contributed by atoms with Crippen LogP contribution in [0.2, 0.25) is 5.02 Å². The molecule has 0 fully saturated rings. The number of aromatic nitrogens is 2. The van der Waals surface area contributed by atoms with Gasteiger partial charge < -0.3 is 10.6 Å². The van der Waals surface area contributed by atoms with Crippen molar-refractivity contribution in [2.75, 3.05) is 10.6 Å². The molecular weight excluding hydrogens is 336 g/mol. The number of nitrogens with one attached hydrogen (secondary N) is 2. The minimum absolute atomic E-state index is 0.0104. The number of carbonyl (C=O) groups is 1. The van der Waals surface area contributed by atoms with Crippen LogP contribution < -0.4 is 10.6 Å². The largest absolute Gasteiger partial charge is 0.340 e. The molecule has 0 saturated heterocycles. The van der Waals surface area contributed by atoms with Gasteiger partial charge in [0.15, 0.2) is 5.78 Å². The molecule has 126 valence electrons. The number of anilines is 4. The van der Waals surface area contributed by atoms with Crippen molar-refractivity contribution in [2.45, 2.75) is 13.8 Å². The molecular formula is C19H17ClN4O. The quantitative estimate of drug-likeness (QED) is 0.623. The summed E-state index contributed by atoms with van der Waals surface area (Å²) < 4.78 is 0. The normalized spacial score (nSPS) is 10.4. The fraction of sp³-hybridized carbons (Fsp3) is 0.105. The van der Waals surface area contributed by atoms with Crippen molar-refractivity contribution < 1.29 is 4.79 Å². The molecule has 0 aliphatic heterocycles. The van der Waals surface area contributed by atoms with E-state index in [0.29, 0.717) is 22.4 Å². The Morgan fingerprint density at radius 1 is 1.04 bits per heavy atom. The molecule has 0 radical (unpaired) electrons. The standard InChI is InChI=1S/C19H17ClN4O/c1-12-6-7-16(11-17(12)20)22-18-8-9-21-19(24-18)23-15-5-3-4-14(10-15)13(2)25/h3-11H,1-2H3,(H2,21,22,23,24). The number of rotatable bonds is 5. The van der Waals surface area contributed by atoms with Gasteiger partial charge in [-0.25, -0.2) is 4.98 Å². The van der Waals surface area contributed by atoms with Crippen molar-refractivity contribution in [1.29, 1.82) is 0 Å². The maximum atomic E-state index is 11.5. The van der Waals surface area contributed by atoms with E-state index >= 15 is 0 Å². The van der Waals surface area contributed by atoms with E-state index in [1.807, 2.05) is 37.3 Å². The van der Waals surface area contributed by atoms with Crippen molar-refractivity contribution in [3.63, 3.8) is 0 Å². The van der Waals surface area contributed by atoms with Gasteiger partial charge in [0.05, 0.1) is 0 Å². The highest BCUT2D eigenvalue weighted by Crippen LogP contribution is 2.23. The molecule has 1 heterocycles. The lowest BCUT2D eigenvalue weighted by Gasteiger charge is -2.10. The van der Waals surface area contributed by atoms with Crippen LogP contribution >= 0.6 is 11.6 Å². The van der Waals surface area contributed by atoms with E-state index in [-0.39, 0.29) is 5.78 Å². The molecule has 2 aromatic carbocycles. The van der Waals surface area contributed by atoms with E-state index in [9.17, 15) is 4.79 Å². The van der Waals surface area contributed by atoms with Crippen LogP contribution in [0.15, 0.2) is 54.7 Å². The molecule has 0 atom stereocenters. The summed E-state index contributed by atoms with van der Waals surface area (Å²) in [7, 11) is 0. The summed E-state index contributed by atoms with van der Waals surface area (Å²) in [5.74, 6) is 1.08. The highest BCUT2D eigenvalue weighted by atomic mass is 35.5. The average Bonchev–Trinajstić information content (AvgIpc) is 2.59. The molecule has 0 bridgehead atoms. The molecule has 0 aliphatic carbocycles. The fourth-order valence-electron chi connectivity index (χ4n) is 2.25. The Kier molecular flexibility index (Phi) is 4.95. The van der Waals surface area contributed by atoms with Gasteiger partial charge in [-0.1, -0.05) is 29.8 Å². The predicted molar refractivity (Wildman–Crippen MR) is 101 cm³/mol. The van der Waals surface area contributed by atoms with Gasteiger partial charge in [0.2, 0.25) is 5.95 Å². The van der Waals surface area contributed by atoms with E-state index < -0.39 is 0 Å². The molecule has 2 N–H and O–H groups in total. The van der Waals surface area contributed by atoms with Crippen molar-refractivity contribution >= 4 is 40.5 Å². The average molecular weight is 353 g/mol. The third-order valence-corrected chi connectivity index (χ3v) is 4.03. The Balaban J connectivity index is 1.78. The highest BCUT2D eigenvalue weighted by Gasteiger charge is 2.04. The maximum absolute atomic E-state index is 11.5. The van der Waals surface area contributed by atoms with Crippen LogP contribution in [-0.4, -0.2) is 15.8 Å². The van der Waals surface area contributed by atoms with Gasteiger partial charge in [-0.3, -0.25) is 4.79 Å². The lowest BCUT2D eigenvalue weighted by atomic mass is 10.1. The van der Waals surface area contributed by atoms with E-state index in [4.69, 9.17) is 11.6 Å². The first kappa shape index (κ1) is 16.9. The summed E-state index contributed by atoms with van der Waals surface area (Å²) in [4.78, 5) is 20.1. The van der Waals surface area contributed by atoms with Crippen LogP contribution in [0.5, 0.6) is 0 Å². The molecule has 0 spiro atoms. The molecule has 1 aromatic heterocycles. The lowest BCUT2D eigenvalue weighted by molar-refractivity contribution is 0.101. The van der Waals surface area contributed by atoms with Gasteiger partial charge in [-0.05, 0) is 49.7 Å². The highest BCUT2D eigenvalue weighted by molar-refractivity contribution is 6.31. The fourth-order valence-corrected chi connectivity index (χ4v) is 2.43. The Morgan fingerprint density at radius 3 is 2.60 bits per heavy atom. The molecule has 0 aliphatic rings. The van der Waals surface area contributed by atoms with Crippen LogP contribution in [-0.2, 0) is 0 Å². The summed E-state index contributed by atoms with van der Waals surface area (Å²) in [5, 5.41) is 7.00. The Bertz CT molecular complexity index is 927. The molecule has 25 heavy (non-hydrogen) atoms. The second-order valence-electron chi connectivity index (χ2n) is 5.62. The number of aryl methyl sites for hydroxylation is 1. The van der Waals surface area contributed by atoms with Crippen molar-refractivity contribution in [2.24, 2.45) is 0 Å². The maximum Gasteiger partial charge on any atom is 0.229 e. The second-order valence-corrected chi connectivity index (χ2v) is 6.02. The zero-order chi connectivity index (χ0) is 17.8. The number of hydrogen-bond donors (Lipinski definition) is 2. The Morgan fingerprint density at radius 2 is 1.84 bits per heavy atom. The van der Waals surface area contributed by atoms with Gasteiger partial charge in [0.25, 0.3) is 0 Å². The summed E-state index contributed by atoms with van der Waals surface area (Å²) in [6.07, 6.45) is 1.66. The van der Waals surface area contributed by atoms with Gasteiger partial charge in [-0.2, -0.15) is 4.98 Å². The Labute approximate surface area is 151 Å². The third-order valence-electron chi connectivity index (χ3n) is 3.63. The van der Waals surface area contributed by atoms with Gasteiger partial charge in [-0.15, -0.1) is 0 Å². The SMILES string of the molecule is CC(=O)c1cccc(Nc2nccc(Nc3ccc(C)c(Cl)c3)n2)c1. The minimum Gasteiger partial charge on any atom is -0.340 e. The number of ketones is 1. The van der Waals surface area contributed by atoms with Crippen LogP contribution in [0.4, 0.5) is 23.1 Å². The number of Topliss-reactive ketones (excluding diaryl/α,β-unsaturated/α-hetero) is 1. The molecule has 0 unspecified atom stereocenters. The topological polar surface area (TPSA) is 66.9 Å². The van der Waals surface area contributed by atoms with Crippen molar-refractivity contribution in [3.8, 4) is 0 Å². The zero-order valence-corrected chi connectivity index (χ0v) is 14.6. The van der Waals surface area contributed by atoms with Crippen LogP contribution in [0.25, 0.3) is 0 Å². The molecule has 3 rings (SSSR count). The van der Waals surface area contributed by atoms with Gasteiger partial charge in [0, 0.05) is 28.2 Å². The monoisotopic (exact) mass is 352 g/mol. The van der Waals surface area contributed by atoms with Crippen molar-refractivity contribution in [1.82, 2.24) is 9.97 Å². The second kappa shape index (κ2) is 7.32. The summed E-state index contributed by atoms with van der Waals surface area (Å²) in [6, 6.07) is 14.7. The van der Waals surface area contributed by atoms with Crippen LogP contribution in [0, 0.1) is 6.92 Å². The van der Waals surface area contributed by atoms with E-state index in [2.05, 4.69) is 20.6 Å². The van der Waals surface area contributed by atoms with Gasteiger partial charge >= 0.3 is 0 Å². The van der Waals surface area contributed by atoms with E-state index in [1.165, 1.54) is 6.92 Å². The first-order valence-electron chi connectivity index (χ1n) is 7.75. The first-order valence-corrected chi connectivity index (χ1v) is 8.13. The van der Waals surface area contributed by atoms with E-state index in [0.717, 1.165) is 16.9 Å². The number of halogens is 1. The van der Waals surface area contributed by atoms with Gasteiger partial charge in [0.1, 0.15) is 5.82 Å². The predicted octanol–water partition coefficient (Wildman–Crippen LogP) is 5.13. The number of carbonyl (C=O) groups excluding carboxylic acids is 1. The molecule has 3 aromatic rings. The third kappa shape index (κ3) is 4.33. The smallest absolute Gasteiger partial charge is 0.229 e. The number of hydrogen-bond acceptors (Lipinski definition) is 5. The van der Waals surface area contributed by atoms with Crippen LogP contribution in [0.3, 0.4) is 0 Å². The molecule has 6 heteroatoms. The Hall–Kier alpha value is -2.92. The molecule has 0 saturated carbocycles. The van der Waals surface area contributed by atoms with E-state index in [1.54, 1.807) is 24.4 Å². The summed E-state index contributed by atoms with van der Waals surface area (Å²) in [6.45, 7) is 3.49. The van der Waals surface area contributed by atoms with Crippen molar-refractivity contribution in [3.05, 3.63) is 70.9 Å². The first-order chi connectivity index (χ1) is 12.0. The minimum atomic E-state index is 0.0104. The number of benzene rings is 2. The molecule has 5 nitrogen and oxygen atoms in total.